The number of amides is 3. The van der Waals surface area contributed by atoms with Crippen LogP contribution in [-0.2, 0) is 11.0 Å². The van der Waals surface area contributed by atoms with E-state index >= 15 is 0 Å². The smallest absolute Gasteiger partial charge is 0.420 e. The highest BCUT2D eigenvalue weighted by Gasteiger charge is 2.45. The molecule has 2 saturated heterocycles. The third kappa shape index (κ3) is 5.78. The van der Waals surface area contributed by atoms with Crippen LogP contribution in [0.4, 0.5) is 23.9 Å². The molecule has 13 heteroatoms. The molecule has 3 amide bonds. The van der Waals surface area contributed by atoms with Gasteiger partial charge in [0, 0.05) is 30.0 Å². The molecule has 39 heavy (non-hydrogen) atoms. The summed E-state index contributed by atoms with van der Waals surface area (Å²) < 4.78 is 48.3. The van der Waals surface area contributed by atoms with Crippen molar-refractivity contribution < 1.29 is 27.5 Å². The maximum atomic E-state index is 13.9. The van der Waals surface area contributed by atoms with Crippen molar-refractivity contribution in [2.45, 2.75) is 50.9 Å². The molecule has 2 aliphatic rings. The van der Waals surface area contributed by atoms with E-state index in [4.69, 9.17) is 4.74 Å². The molecule has 4 heterocycles. The standard InChI is InChI=1S/C26H29F3N6O3S/c1-25(2)22(36)34-24(37)35(25)10-9-31-23-32-14-18(26(27,28)29)21(33-23)20-13-15-12-17(5-6-19(15)39-20)38-11-7-16-4-3-8-30-16/h5-6,12-14,16,30H,3-4,7-11H2,1-2H3,(H,31,32,33)(H,34,36,37). The summed E-state index contributed by atoms with van der Waals surface area (Å²) >= 11 is 1.20. The van der Waals surface area contributed by atoms with Gasteiger partial charge in [0.25, 0.3) is 5.91 Å². The van der Waals surface area contributed by atoms with Crippen LogP contribution in [0.15, 0.2) is 30.5 Å². The highest BCUT2D eigenvalue weighted by atomic mass is 32.1. The minimum absolute atomic E-state index is 0.0104. The predicted molar refractivity (Wildman–Crippen MR) is 142 cm³/mol. The first-order valence-electron chi connectivity index (χ1n) is 12.7. The molecule has 0 spiro atoms. The first kappa shape index (κ1) is 27.1. The number of anilines is 1. The number of rotatable bonds is 9. The highest BCUT2D eigenvalue weighted by Crippen LogP contribution is 2.41. The zero-order valence-corrected chi connectivity index (χ0v) is 22.3. The molecule has 1 aromatic carbocycles. The van der Waals surface area contributed by atoms with Crippen LogP contribution in [0, 0.1) is 0 Å². The lowest BCUT2D eigenvalue weighted by atomic mass is 10.0. The van der Waals surface area contributed by atoms with E-state index in [9.17, 15) is 22.8 Å². The van der Waals surface area contributed by atoms with Crippen LogP contribution in [0.3, 0.4) is 0 Å². The number of carbonyl (C=O) groups is 2. The van der Waals surface area contributed by atoms with Gasteiger partial charge in [0.15, 0.2) is 0 Å². The second-order valence-corrected chi connectivity index (χ2v) is 11.2. The summed E-state index contributed by atoms with van der Waals surface area (Å²) in [4.78, 5) is 33.8. The van der Waals surface area contributed by atoms with E-state index in [2.05, 4.69) is 25.9 Å². The second kappa shape index (κ2) is 10.6. The number of urea groups is 1. The van der Waals surface area contributed by atoms with Crippen molar-refractivity contribution in [3.8, 4) is 16.3 Å². The van der Waals surface area contributed by atoms with Crippen LogP contribution in [-0.4, -0.2) is 64.6 Å². The van der Waals surface area contributed by atoms with Gasteiger partial charge >= 0.3 is 12.2 Å². The largest absolute Gasteiger partial charge is 0.494 e. The third-order valence-corrected chi connectivity index (χ3v) is 8.15. The molecule has 208 valence electrons. The molecule has 0 saturated carbocycles. The van der Waals surface area contributed by atoms with Crippen molar-refractivity contribution in [1.29, 1.82) is 0 Å². The lowest BCUT2D eigenvalue weighted by Crippen LogP contribution is -2.46. The van der Waals surface area contributed by atoms with Gasteiger partial charge in [-0.25, -0.2) is 14.8 Å². The predicted octanol–water partition coefficient (Wildman–Crippen LogP) is 4.64. The van der Waals surface area contributed by atoms with E-state index in [1.807, 2.05) is 18.2 Å². The minimum Gasteiger partial charge on any atom is -0.494 e. The highest BCUT2D eigenvalue weighted by molar-refractivity contribution is 7.22. The molecule has 3 N–H and O–H groups in total. The van der Waals surface area contributed by atoms with E-state index in [0.29, 0.717) is 23.3 Å². The van der Waals surface area contributed by atoms with Crippen LogP contribution in [0.5, 0.6) is 5.75 Å². The van der Waals surface area contributed by atoms with Gasteiger partial charge in [-0.05, 0) is 69.3 Å². The third-order valence-electron chi connectivity index (χ3n) is 7.03. The first-order valence-corrected chi connectivity index (χ1v) is 13.6. The molecule has 9 nitrogen and oxygen atoms in total. The fraction of sp³-hybridized carbons (Fsp3) is 0.462. The van der Waals surface area contributed by atoms with Crippen molar-refractivity contribution in [2.24, 2.45) is 0 Å². The summed E-state index contributed by atoms with van der Waals surface area (Å²) in [6.07, 6.45) is -0.682. The Morgan fingerprint density at radius 2 is 2.08 bits per heavy atom. The average Bonchev–Trinajstić information content (AvgIpc) is 3.59. The number of nitrogens with one attached hydrogen (secondary N) is 3. The SMILES string of the molecule is CC1(C)C(=O)NC(=O)N1CCNc1ncc(C(F)(F)F)c(-c2cc3cc(OCCC4CCCN4)ccc3s2)n1. The quantitative estimate of drug-likeness (QED) is 0.326. The van der Waals surface area contributed by atoms with Crippen LogP contribution in [0.25, 0.3) is 20.7 Å². The van der Waals surface area contributed by atoms with Gasteiger partial charge in [-0.15, -0.1) is 11.3 Å². The van der Waals surface area contributed by atoms with E-state index in [0.717, 1.165) is 35.7 Å². The van der Waals surface area contributed by atoms with E-state index < -0.39 is 29.2 Å². The molecule has 2 fully saturated rings. The van der Waals surface area contributed by atoms with Gasteiger partial charge in [0.1, 0.15) is 16.9 Å². The van der Waals surface area contributed by atoms with E-state index in [1.165, 1.54) is 22.7 Å². The van der Waals surface area contributed by atoms with Crippen LogP contribution in [0.2, 0.25) is 0 Å². The number of carbonyl (C=O) groups excluding carboxylic acids is 2. The molecule has 2 aliphatic heterocycles. The number of halogens is 3. The summed E-state index contributed by atoms with van der Waals surface area (Å²) in [5.41, 5.74) is -2.20. The van der Waals surface area contributed by atoms with Gasteiger partial charge in [0.05, 0.1) is 17.2 Å². The number of fused-ring (bicyclic) bond motifs is 1. The molecule has 5 rings (SSSR count). The fourth-order valence-electron chi connectivity index (χ4n) is 4.77. The molecule has 3 aromatic rings. The van der Waals surface area contributed by atoms with Crippen molar-refractivity contribution in [2.75, 3.05) is 31.6 Å². The molecular formula is C26H29F3N6O3S. The fourth-order valence-corrected chi connectivity index (χ4v) is 5.81. The number of benzene rings is 1. The minimum atomic E-state index is -4.65. The summed E-state index contributed by atoms with van der Waals surface area (Å²) in [6.45, 7) is 5.09. The Hall–Kier alpha value is -3.45. The van der Waals surface area contributed by atoms with Crippen LogP contribution >= 0.6 is 11.3 Å². The Balaban J connectivity index is 1.33. The number of nitrogens with zero attached hydrogens (tertiary/aromatic N) is 3. The molecule has 2 aromatic heterocycles. The van der Waals surface area contributed by atoms with E-state index in [-0.39, 0.29) is 24.7 Å². The lowest BCUT2D eigenvalue weighted by molar-refractivity contribution is -0.137. The van der Waals surface area contributed by atoms with Crippen LogP contribution < -0.4 is 20.7 Å². The molecule has 1 unspecified atom stereocenters. The number of hydrogen-bond acceptors (Lipinski definition) is 8. The zero-order chi connectivity index (χ0) is 27.8. The number of ether oxygens (including phenoxy) is 1. The number of aromatic nitrogens is 2. The Morgan fingerprint density at radius 3 is 2.77 bits per heavy atom. The Morgan fingerprint density at radius 1 is 1.26 bits per heavy atom. The Labute approximate surface area is 227 Å². The van der Waals surface area contributed by atoms with Gasteiger partial charge < -0.3 is 20.3 Å². The summed E-state index contributed by atoms with van der Waals surface area (Å²) in [5.74, 6) is 0.242. The second-order valence-electron chi connectivity index (χ2n) is 10.1. The van der Waals surface area contributed by atoms with Crippen molar-refractivity contribution in [1.82, 2.24) is 25.5 Å². The van der Waals surface area contributed by atoms with Gasteiger partial charge in [0.2, 0.25) is 5.95 Å². The average molecular weight is 563 g/mol. The number of imide groups is 1. The Bertz CT molecular complexity index is 1390. The normalized spacial score (nSPS) is 19.1. The monoisotopic (exact) mass is 562 g/mol. The van der Waals surface area contributed by atoms with Gasteiger partial charge in [-0.2, -0.15) is 13.2 Å². The van der Waals surface area contributed by atoms with Gasteiger partial charge in [-0.1, -0.05) is 0 Å². The summed E-state index contributed by atoms with van der Waals surface area (Å²) in [7, 11) is 0. The molecule has 0 radical (unpaired) electrons. The maximum Gasteiger partial charge on any atom is 0.420 e. The Kier molecular flexibility index (Phi) is 7.38. The first-order chi connectivity index (χ1) is 18.5. The molecule has 0 bridgehead atoms. The summed E-state index contributed by atoms with van der Waals surface area (Å²) in [6, 6.07) is 7.10. The van der Waals surface area contributed by atoms with Crippen molar-refractivity contribution in [3.05, 3.63) is 36.0 Å². The van der Waals surface area contributed by atoms with Crippen molar-refractivity contribution in [3.63, 3.8) is 0 Å². The lowest BCUT2D eigenvalue weighted by Gasteiger charge is -2.27. The molecule has 1 atom stereocenters. The summed E-state index contributed by atoms with van der Waals surface area (Å²) in [5, 5.41) is 9.33. The van der Waals surface area contributed by atoms with Crippen LogP contribution in [0.1, 0.15) is 38.7 Å². The maximum absolute atomic E-state index is 13.9. The molecular weight excluding hydrogens is 533 g/mol. The molecule has 0 aliphatic carbocycles. The van der Waals surface area contributed by atoms with Crippen molar-refractivity contribution >= 4 is 39.3 Å². The zero-order valence-electron chi connectivity index (χ0n) is 21.5. The topological polar surface area (TPSA) is 108 Å². The number of thiophene rings is 1. The van der Waals surface area contributed by atoms with Gasteiger partial charge in [-0.3, -0.25) is 10.1 Å². The number of hydrogen-bond donors (Lipinski definition) is 3. The van der Waals surface area contributed by atoms with E-state index in [1.54, 1.807) is 19.9 Å². The number of alkyl halides is 3.